The third kappa shape index (κ3) is 3.42. The van der Waals surface area contributed by atoms with Crippen LogP contribution in [-0.4, -0.2) is 41.1 Å². The molecule has 0 heterocycles. The number of carboxylic acid groups (broad SMARTS) is 1. The molecule has 2 amide bonds. The van der Waals surface area contributed by atoms with Gasteiger partial charge in [-0.2, -0.15) is 0 Å². The van der Waals surface area contributed by atoms with Crippen LogP contribution in [-0.2, 0) is 4.79 Å². The van der Waals surface area contributed by atoms with Gasteiger partial charge in [0.1, 0.15) is 0 Å². The summed E-state index contributed by atoms with van der Waals surface area (Å²) in [4.78, 5) is 23.6. The van der Waals surface area contributed by atoms with Crippen LogP contribution in [0.4, 0.5) is 4.79 Å². The second kappa shape index (κ2) is 4.08. The van der Waals surface area contributed by atoms with E-state index < -0.39 is 11.9 Å². The zero-order valence-electron chi connectivity index (χ0n) is 9.41. The first-order chi connectivity index (χ1) is 6.84. The number of amides is 2. The molecule has 1 rings (SSSR count). The Morgan fingerprint density at radius 2 is 2.07 bits per heavy atom. The summed E-state index contributed by atoms with van der Waals surface area (Å²) in [5, 5.41) is 11.6. The van der Waals surface area contributed by atoms with Crippen molar-refractivity contribution in [3.05, 3.63) is 0 Å². The van der Waals surface area contributed by atoms with Crippen LogP contribution < -0.4 is 5.32 Å². The Morgan fingerprint density at radius 3 is 2.47 bits per heavy atom. The Morgan fingerprint density at radius 1 is 1.53 bits per heavy atom. The van der Waals surface area contributed by atoms with Gasteiger partial charge in [-0.15, -0.1) is 0 Å². The van der Waals surface area contributed by atoms with Crippen molar-refractivity contribution in [2.24, 2.45) is 5.92 Å². The Kier molecular flexibility index (Phi) is 3.21. The number of nitrogens with one attached hydrogen (secondary N) is 1. The summed E-state index contributed by atoms with van der Waals surface area (Å²) in [7, 11) is 1.61. The van der Waals surface area contributed by atoms with E-state index in [9.17, 15) is 9.59 Å². The number of aliphatic carboxylic acids is 1. The molecular formula is C10H18N2O3. The molecule has 0 bridgehead atoms. The molecule has 0 aromatic heterocycles. The molecule has 0 aromatic carbocycles. The van der Waals surface area contributed by atoms with Crippen molar-refractivity contribution in [2.75, 3.05) is 13.6 Å². The van der Waals surface area contributed by atoms with Gasteiger partial charge < -0.3 is 15.3 Å². The zero-order valence-corrected chi connectivity index (χ0v) is 9.41. The average molecular weight is 214 g/mol. The lowest BCUT2D eigenvalue weighted by molar-refractivity contribution is -0.141. The van der Waals surface area contributed by atoms with Crippen molar-refractivity contribution >= 4 is 12.0 Å². The van der Waals surface area contributed by atoms with E-state index in [0.29, 0.717) is 0 Å². The topological polar surface area (TPSA) is 69.6 Å². The minimum Gasteiger partial charge on any atom is -0.481 e. The normalized spacial score (nSPS) is 19.1. The van der Waals surface area contributed by atoms with E-state index in [0.717, 1.165) is 12.8 Å². The molecule has 15 heavy (non-hydrogen) atoms. The maximum Gasteiger partial charge on any atom is 0.317 e. The minimum absolute atomic E-state index is 0.0577. The lowest BCUT2D eigenvalue weighted by Crippen LogP contribution is -2.45. The second-order valence-electron chi connectivity index (χ2n) is 4.61. The van der Waals surface area contributed by atoms with E-state index in [2.05, 4.69) is 5.32 Å². The zero-order chi connectivity index (χ0) is 11.6. The number of carbonyl (C=O) groups excluding carboxylic acids is 1. The van der Waals surface area contributed by atoms with Crippen molar-refractivity contribution < 1.29 is 14.7 Å². The highest BCUT2D eigenvalue weighted by Gasteiger charge is 2.39. The Bertz CT molecular complexity index is 274. The fourth-order valence-corrected chi connectivity index (χ4v) is 1.24. The smallest absolute Gasteiger partial charge is 0.317 e. The number of carboxylic acids is 1. The van der Waals surface area contributed by atoms with Gasteiger partial charge in [0.15, 0.2) is 0 Å². The van der Waals surface area contributed by atoms with Crippen LogP contribution in [0.1, 0.15) is 26.7 Å². The predicted molar refractivity (Wildman–Crippen MR) is 55.6 cm³/mol. The Balaban J connectivity index is 2.35. The molecule has 1 saturated carbocycles. The summed E-state index contributed by atoms with van der Waals surface area (Å²) < 4.78 is 0. The first-order valence-electron chi connectivity index (χ1n) is 5.10. The SMILES string of the molecule is CC(CN(C)C(=O)NC1(C)CC1)C(=O)O. The van der Waals surface area contributed by atoms with Gasteiger partial charge in [-0.05, 0) is 19.8 Å². The molecule has 1 fully saturated rings. The van der Waals surface area contributed by atoms with Gasteiger partial charge >= 0.3 is 12.0 Å². The van der Waals surface area contributed by atoms with Gasteiger partial charge in [-0.25, -0.2) is 4.79 Å². The van der Waals surface area contributed by atoms with Crippen LogP contribution in [0.2, 0.25) is 0 Å². The number of hydrogen-bond donors (Lipinski definition) is 2. The van der Waals surface area contributed by atoms with Crippen LogP contribution in [0.15, 0.2) is 0 Å². The number of rotatable bonds is 4. The average Bonchev–Trinajstić information content (AvgIpc) is 2.82. The standard InChI is InChI=1S/C10H18N2O3/c1-7(8(13)14)6-12(3)9(15)11-10(2)4-5-10/h7H,4-6H2,1-3H3,(H,11,15)(H,13,14). The van der Waals surface area contributed by atoms with Gasteiger partial charge in [-0.3, -0.25) is 4.79 Å². The summed E-state index contributed by atoms with van der Waals surface area (Å²) in [6, 6.07) is -0.192. The van der Waals surface area contributed by atoms with Crippen LogP contribution in [0, 0.1) is 5.92 Å². The number of urea groups is 1. The van der Waals surface area contributed by atoms with Crippen molar-refractivity contribution in [2.45, 2.75) is 32.2 Å². The molecular weight excluding hydrogens is 196 g/mol. The van der Waals surface area contributed by atoms with Crippen molar-refractivity contribution in [1.29, 1.82) is 0 Å². The molecule has 0 radical (unpaired) electrons. The molecule has 1 aliphatic carbocycles. The number of hydrogen-bond acceptors (Lipinski definition) is 2. The highest BCUT2D eigenvalue weighted by atomic mass is 16.4. The number of carbonyl (C=O) groups is 2. The van der Waals surface area contributed by atoms with E-state index in [-0.39, 0.29) is 18.1 Å². The van der Waals surface area contributed by atoms with E-state index >= 15 is 0 Å². The molecule has 1 unspecified atom stereocenters. The summed E-state index contributed by atoms with van der Waals surface area (Å²) in [6.07, 6.45) is 2.00. The molecule has 0 aromatic rings. The van der Waals surface area contributed by atoms with Crippen LogP contribution >= 0.6 is 0 Å². The molecule has 5 nitrogen and oxygen atoms in total. The van der Waals surface area contributed by atoms with E-state index in [1.54, 1.807) is 14.0 Å². The largest absolute Gasteiger partial charge is 0.481 e. The highest BCUT2D eigenvalue weighted by molar-refractivity contribution is 5.76. The van der Waals surface area contributed by atoms with E-state index in [1.807, 2.05) is 6.92 Å². The van der Waals surface area contributed by atoms with E-state index in [4.69, 9.17) is 5.11 Å². The van der Waals surface area contributed by atoms with Crippen LogP contribution in [0.25, 0.3) is 0 Å². The van der Waals surface area contributed by atoms with Gasteiger partial charge in [0.2, 0.25) is 0 Å². The monoisotopic (exact) mass is 214 g/mol. The lowest BCUT2D eigenvalue weighted by Gasteiger charge is -2.22. The van der Waals surface area contributed by atoms with Gasteiger partial charge in [-0.1, -0.05) is 6.92 Å². The molecule has 0 spiro atoms. The number of nitrogens with zero attached hydrogens (tertiary/aromatic N) is 1. The van der Waals surface area contributed by atoms with Gasteiger partial charge in [0.25, 0.3) is 0 Å². The first kappa shape index (κ1) is 11.8. The third-order valence-corrected chi connectivity index (χ3v) is 2.72. The predicted octanol–water partition coefficient (Wildman–Crippen LogP) is 0.901. The summed E-state index contributed by atoms with van der Waals surface area (Å²) in [6.45, 7) is 3.81. The molecule has 0 aliphatic heterocycles. The maximum absolute atomic E-state index is 11.6. The minimum atomic E-state index is -0.882. The van der Waals surface area contributed by atoms with Crippen molar-refractivity contribution in [3.8, 4) is 0 Å². The van der Waals surface area contributed by atoms with Gasteiger partial charge in [0.05, 0.1) is 5.92 Å². The summed E-state index contributed by atoms with van der Waals surface area (Å²) in [5.74, 6) is -1.42. The molecule has 1 aliphatic rings. The summed E-state index contributed by atoms with van der Waals surface area (Å²) >= 11 is 0. The highest BCUT2D eigenvalue weighted by Crippen LogP contribution is 2.34. The Hall–Kier alpha value is -1.26. The van der Waals surface area contributed by atoms with Crippen LogP contribution in [0.3, 0.4) is 0 Å². The maximum atomic E-state index is 11.6. The molecule has 2 N–H and O–H groups in total. The van der Waals surface area contributed by atoms with Gasteiger partial charge in [0, 0.05) is 19.1 Å². The fourth-order valence-electron chi connectivity index (χ4n) is 1.24. The fraction of sp³-hybridized carbons (Fsp3) is 0.800. The Labute approximate surface area is 89.4 Å². The summed E-state index contributed by atoms with van der Waals surface area (Å²) in [5.41, 5.74) is -0.0577. The van der Waals surface area contributed by atoms with Crippen molar-refractivity contribution in [1.82, 2.24) is 10.2 Å². The first-order valence-corrected chi connectivity index (χ1v) is 5.10. The third-order valence-electron chi connectivity index (χ3n) is 2.72. The molecule has 5 heteroatoms. The van der Waals surface area contributed by atoms with Crippen molar-refractivity contribution in [3.63, 3.8) is 0 Å². The molecule has 0 saturated heterocycles. The van der Waals surface area contributed by atoms with E-state index in [1.165, 1.54) is 4.90 Å². The quantitative estimate of drug-likeness (QED) is 0.730. The lowest BCUT2D eigenvalue weighted by atomic mass is 10.2. The second-order valence-corrected chi connectivity index (χ2v) is 4.61. The van der Waals surface area contributed by atoms with Crippen LogP contribution in [0.5, 0.6) is 0 Å². The molecule has 86 valence electrons. The molecule has 1 atom stereocenters.